The molecule has 0 unspecified atom stereocenters. The maximum Gasteiger partial charge on any atom is 0.363 e. The lowest BCUT2D eigenvalue weighted by atomic mass is 10.1. The van der Waals surface area contributed by atoms with Crippen molar-refractivity contribution in [3.63, 3.8) is 0 Å². The standard InChI is InChI=1S/C24H21ClN2O4S/c1-3-24(28)31-23-13-10-18(15-22(23)25)7-6-14-26-32(29,30)27-17(2)20-12-11-19-8-4-5-9-21(19)16-20/h4-16H,3H2,1-2H3. The lowest BCUT2D eigenvalue weighted by Gasteiger charge is -2.05. The maximum atomic E-state index is 12.2. The van der Waals surface area contributed by atoms with E-state index in [1.54, 1.807) is 38.1 Å². The van der Waals surface area contributed by atoms with Gasteiger partial charge in [-0.05, 0) is 53.1 Å². The minimum atomic E-state index is -4.05. The number of benzene rings is 3. The average Bonchev–Trinajstić information content (AvgIpc) is 2.77. The van der Waals surface area contributed by atoms with Crippen molar-refractivity contribution in [2.45, 2.75) is 20.3 Å². The van der Waals surface area contributed by atoms with Crippen molar-refractivity contribution in [3.05, 3.63) is 82.9 Å². The molecule has 0 aliphatic heterocycles. The molecule has 0 aromatic heterocycles. The third kappa shape index (κ3) is 6.35. The molecule has 0 fully saturated rings. The van der Waals surface area contributed by atoms with E-state index in [-0.39, 0.29) is 23.2 Å². The molecule has 0 saturated carbocycles. The van der Waals surface area contributed by atoms with Crippen molar-refractivity contribution in [1.82, 2.24) is 0 Å². The summed E-state index contributed by atoms with van der Waals surface area (Å²) in [6, 6.07) is 18.3. The zero-order valence-corrected chi connectivity index (χ0v) is 19.1. The Morgan fingerprint density at radius 2 is 1.81 bits per heavy atom. The number of carbonyl (C=O) groups excluding carboxylic acids is 1. The maximum absolute atomic E-state index is 12.2. The highest BCUT2D eigenvalue weighted by Crippen LogP contribution is 2.26. The fourth-order valence-corrected chi connectivity index (χ4v) is 3.78. The van der Waals surface area contributed by atoms with Crippen LogP contribution < -0.4 is 4.74 Å². The lowest BCUT2D eigenvalue weighted by Crippen LogP contribution is -2.05. The summed E-state index contributed by atoms with van der Waals surface area (Å²) in [5, 5.41) is 2.33. The van der Waals surface area contributed by atoms with Crippen LogP contribution in [-0.4, -0.2) is 26.3 Å². The third-order valence-electron chi connectivity index (χ3n) is 4.46. The molecule has 0 bridgehead atoms. The highest BCUT2D eigenvalue weighted by Gasteiger charge is 2.08. The Labute approximate surface area is 192 Å². The predicted octanol–water partition coefficient (Wildman–Crippen LogP) is 5.65. The number of allylic oxidation sites excluding steroid dienone is 1. The number of halogens is 1. The minimum absolute atomic E-state index is 0.242. The van der Waals surface area contributed by atoms with Gasteiger partial charge < -0.3 is 4.74 Å². The van der Waals surface area contributed by atoms with Crippen molar-refractivity contribution in [1.29, 1.82) is 0 Å². The van der Waals surface area contributed by atoms with Gasteiger partial charge in [0.2, 0.25) is 0 Å². The molecule has 0 aliphatic rings. The van der Waals surface area contributed by atoms with E-state index in [9.17, 15) is 13.2 Å². The zero-order valence-electron chi connectivity index (χ0n) is 17.5. The third-order valence-corrected chi connectivity index (χ3v) is 5.64. The van der Waals surface area contributed by atoms with Gasteiger partial charge in [0.15, 0.2) is 0 Å². The van der Waals surface area contributed by atoms with Crippen LogP contribution in [0.1, 0.15) is 31.4 Å². The predicted molar refractivity (Wildman–Crippen MR) is 130 cm³/mol. The topological polar surface area (TPSA) is 85.2 Å². The highest BCUT2D eigenvalue weighted by molar-refractivity contribution is 7.89. The minimum Gasteiger partial charge on any atom is -0.425 e. The van der Waals surface area contributed by atoms with E-state index < -0.39 is 10.2 Å². The fraction of sp³-hybridized carbons (Fsp3) is 0.125. The summed E-state index contributed by atoms with van der Waals surface area (Å²) in [7, 11) is -4.05. The summed E-state index contributed by atoms with van der Waals surface area (Å²) >= 11 is 6.11. The number of carbonyl (C=O) groups is 1. The molecular weight excluding hydrogens is 448 g/mol. The van der Waals surface area contributed by atoms with Gasteiger partial charge in [-0.3, -0.25) is 4.79 Å². The monoisotopic (exact) mass is 468 g/mol. The summed E-state index contributed by atoms with van der Waals surface area (Å²) in [4.78, 5) is 11.4. The van der Waals surface area contributed by atoms with E-state index in [0.717, 1.165) is 17.0 Å². The molecule has 0 radical (unpaired) electrons. The molecule has 0 aliphatic carbocycles. The normalized spacial score (nSPS) is 12.7. The Kier molecular flexibility index (Phi) is 7.56. The molecule has 0 amide bonds. The van der Waals surface area contributed by atoms with E-state index in [1.165, 1.54) is 6.08 Å². The lowest BCUT2D eigenvalue weighted by molar-refractivity contribution is -0.134. The number of rotatable bonds is 7. The first-order chi connectivity index (χ1) is 15.3. The van der Waals surface area contributed by atoms with Gasteiger partial charge >= 0.3 is 16.2 Å². The summed E-state index contributed by atoms with van der Waals surface area (Å²) < 4.78 is 36.9. The van der Waals surface area contributed by atoms with Crippen LogP contribution >= 0.6 is 11.6 Å². The molecule has 8 heteroatoms. The Morgan fingerprint density at radius 1 is 1.06 bits per heavy atom. The van der Waals surface area contributed by atoms with Crippen LogP contribution in [0.2, 0.25) is 5.02 Å². The van der Waals surface area contributed by atoms with Crippen LogP contribution in [0.15, 0.2) is 75.5 Å². The largest absolute Gasteiger partial charge is 0.425 e. The van der Waals surface area contributed by atoms with Gasteiger partial charge in [-0.25, -0.2) is 0 Å². The zero-order chi connectivity index (χ0) is 23.1. The number of hydrogen-bond donors (Lipinski definition) is 0. The van der Waals surface area contributed by atoms with Crippen molar-refractivity contribution in [3.8, 4) is 5.75 Å². The smallest absolute Gasteiger partial charge is 0.363 e. The van der Waals surface area contributed by atoms with Crippen LogP contribution in [0, 0.1) is 0 Å². The number of fused-ring (bicyclic) bond motifs is 1. The van der Waals surface area contributed by atoms with Gasteiger partial charge in [0.05, 0.1) is 10.7 Å². The molecular formula is C24H21ClN2O4S. The van der Waals surface area contributed by atoms with E-state index in [1.807, 2.05) is 42.5 Å². The van der Waals surface area contributed by atoms with Gasteiger partial charge in [0.1, 0.15) is 5.75 Å². The van der Waals surface area contributed by atoms with Gasteiger partial charge in [-0.2, -0.15) is 12.8 Å². The number of esters is 1. The Bertz CT molecular complexity index is 1350. The first kappa shape index (κ1) is 23.4. The molecule has 0 N–H and O–H groups in total. The quantitative estimate of drug-likeness (QED) is 0.255. The molecule has 3 aromatic rings. The summed E-state index contributed by atoms with van der Waals surface area (Å²) in [6.07, 6.45) is 4.47. The van der Waals surface area contributed by atoms with Gasteiger partial charge in [-0.15, -0.1) is 4.40 Å². The van der Waals surface area contributed by atoms with Crippen LogP contribution in [0.4, 0.5) is 0 Å². The van der Waals surface area contributed by atoms with Crippen LogP contribution in [-0.2, 0) is 15.0 Å². The molecule has 3 aromatic carbocycles. The van der Waals surface area contributed by atoms with Crippen molar-refractivity contribution in [2.75, 3.05) is 0 Å². The van der Waals surface area contributed by atoms with Crippen LogP contribution in [0.3, 0.4) is 0 Å². The average molecular weight is 469 g/mol. The highest BCUT2D eigenvalue weighted by atomic mass is 35.5. The number of ether oxygens (including phenoxy) is 1. The molecule has 6 nitrogen and oxygen atoms in total. The summed E-state index contributed by atoms with van der Waals surface area (Å²) in [5.74, 6) is -0.113. The van der Waals surface area contributed by atoms with Crippen molar-refractivity contribution < 1.29 is 17.9 Å². The number of hydrogen-bond acceptors (Lipinski definition) is 4. The first-order valence-corrected chi connectivity index (χ1v) is 11.6. The number of nitrogens with zero attached hydrogens (tertiary/aromatic N) is 2. The van der Waals surface area contributed by atoms with E-state index >= 15 is 0 Å². The second-order valence-corrected chi connectivity index (χ2v) is 8.51. The van der Waals surface area contributed by atoms with Gasteiger partial charge in [-0.1, -0.05) is 67.1 Å². The van der Waals surface area contributed by atoms with E-state index in [0.29, 0.717) is 16.8 Å². The van der Waals surface area contributed by atoms with Crippen molar-refractivity contribution in [2.24, 2.45) is 8.80 Å². The SMILES string of the molecule is CCC(=O)Oc1ccc(C=CC=NS(=O)(=O)N=C(C)c2ccc3ccccc3c2)cc1Cl. The Balaban J connectivity index is 1.70. The van der Waals surface area contributed by atoms with Gasteiger partial charge in [0, 0.05) is 12.6 Å². The molecule has 0 atom stereocenters. The second-order valence-electron chi connectivity index (χ2n) is 6.82. The summed E-state index contributed by atoms with van der Waals surface area (Å²) in [6.45, 7) is 3.32. The Morgan fingerprint density at radius 3 is 2.53 bits per heavy atom. The molecule has 0 spiro atoms. The summed E-state index contributed by atoms with van der Waals surface area (Å²) in [5.41, 5.74) is 1.74. The fourth-order valence-electron chi connectivity index (χ4n) is 2.83. The van der Waals surface area contributed by atoms with E-state index in [4.69, 9.17) is 16.3 Å². The van der Waals surface area contributed by atoms with Crippen molar-refractivity contribution >= 4 is 56.6 Å². The molecule has 32 heavy (non-hydrogen) atoms. The first-order valence-electron chi connectivity index (χ1n) is 9.80. The molecule has 0 saturated heterocycles. The van der Waals surface area contributed by atoms with Crippen LogP contribution in [0.25, 0.3) is 16.8 Å². The molecule has 164 valence electrons. The van der Waals surface area contributed by atoms with E-state index in [2.05, 4.69) is 8.80 Å². The van der Waals surface area contributed by atoms with Gasteiger partial charge in [0.25, 0.3) is 0 Å². The molecule has 3 rings (SSSR count). The second kappa shape index (κ2) is 10.3. The van der Waals surface area contributed by atoms with Crippen LogP contribution in [0.5, 0.6) is 5.75 Å². The Hall–Kier alpha value is -3.29. The molecule has 0 heterocycles.